The number of benzene rings is 3. The first-order valence-electron chi connectivity index (χ1n) is 11.3. The molecule has 0 fully saturated rings. The van der Waals surface area contributed by atoms with Crippen molar-refractivity contribution in [1.29, 1.82) is 0 Å². The fourth-order valence-electron chi connectivity index (χ4n) is 4.06. The quantitative estimate of drug-likeness (QED) is 0.209. The number of nitrogens with one attached hydrogen (secondary N) is 1. The van der Waals surface area contributed by atoms with Gasteiger partial charge in [-0.25, -0.2) is 9.98 Å². The van der Waals surface area contributed by atoms with Gasteiger partial charge in [-0.2, -0.15) is 4.74 Å². The summed E-state index contributed by atoms with van der Waals surface area (Å²) in [4.78, 5) is 20.3. The zero-order valence-corrected chi connectivity index (χ0v) is 22.6. The van der Waals surface area contributed by atoms with Crippen LogP contribution in [0, 0.1) is 5.21 Å². The molecule has 5 aromatic rings. The van der Waals surface area contributed by atoms with Gasteiger partial charge in [-0.1, -0.05) is 48.0 Å². The van der Waals surface area contributed by atoms with Gasteiger partial charge in [-0.15, -0.1) is 24.8 Å². The summed E-state index contributed by atoms with van der Waals surface area (Å²) >= 11 is 6.10. The van der Waals surface area contributed by atoms with Gasteiger partial charge in [-0.3, -0.25) is 4.79 Å². The standard InChI is InChI=1S/C16H14ClN3O.C12H8N2O.2ClH/c1-18-15-10-20(21)16(11-5-3-2-4-6-11)13-9-12(17)7-8-14(13)19-15;15-12-11-6-3-7-14(11)8-9-4-1-2-5-10(9)13-12;;/h2-9H,10H2,1H3,(H,18,19);1-8H;2*1H. The van der Waals surface area contributed by atoms with E-state index in [1.54, 1.807) is 29.6 Å². The second-order valence-electron chi connectivity index (χ2n) is 8.13. The van der Waals surface area contributed by atoms with E-state index in [9.17, 15) is 10.0 Å². The molecule has 0 saturated carbocycles. The van der Waals surface area contributed by atoms with Crippen LogP contribution in [0.4, 0.5) is 5.69 Å². The number of aromatic nitrogens is 2. The largest absolute Gasteiger partial charge is 0.623 e. The third-order valence-electron chi connectivity index (χ3n) is 5.78. The van der Waals surface area contributed by atoms with E-state index in [2.05, 4.69) is 15.3 Å². The first-order chi connectivity index (χ1) is 17.5. The Labute approximate surface area is 236 Å². The lowest BCUT2D eigenvalue weighted by Gasteiger charge is -2.10. The molecule has 1 aliphatic heterocycles. The van der Waals surface area contributed by atoms with Gasteiger partial charge in [0.1, 0.15) is 5.52 Å². The first-order valence-corrected chi connectivity index (χ1v) is 11.7. The monoisotopic (exact) mass is 567 g/mol. The fraction of sp³-hybridized carbons (Fsp3) is 0.0714. The van der Waals surface area contributed by atoms with Gasteiger partial charge in [0, 0.05) is 35.4 Å². The summed E-state index contributed by atoms with van der Waals surface area (Å²) < 4.78 is 2.75. The van der Waals surface area contributed by atoms with Crippen molar-refractivity contribution in [2.24, 2.45) is 4.99 Å². The molecule has 0 spiro atoms. The molecule has 1 N–H and O–H groups in total. The number of amidine groups is 1. The second-order valence-corrected chi connectivity index (χ2v) is 8.56. The van der Waals surface area contributed by atoms with Crippen molar-refractivity contribution in [2.45, 2.75) is 0 Å². The molecule has 7 nitrogen and oxygen atoms in total. The Bertz CT molecular complexity index is 1700. The van der Waals surface area contributed by atoms with Gasteiger partial charge in [0.15, 0.2) is 5.84 Å². The number of hydroxylamine groups is 1. The van der Waals surface area contributed by atoms with E-state index in [0.717, 1.165) is 32.5 Å². The number of hydrogen-bond acceptors (Lipinski definition) is 5. The van der Waals surface area contributed by atoms with Crippen LogP contribution >= 0.6 is 36.4 Å². The van der Waals surface area contributed by atoms with E-state index in [1.165, 1.54) is 0 Å². The highest BCUT2D eigenvalue weighted by atomic mass is 35.5. The summed E-state index contributed by atoms with van der Waals surface area (Å²) in [6, 6.07) is 26.2. The van der Waals surface area contributed by atoms with Gasteiger partial charge < -0.3 is 14.9 Å². The highest BCUT2D eigenvalue weighted by molar-refractivity contribution is 6.31. The highest BCUT2D eigenvalue weighted by Crippen LogP contribution is 2.28. The van der Waals surface area contributed by atoms with Crippen molar-refractivity contribution in [3.8, 4) is 0 Å². The SMILES string of the molecule is CNC1=Nc2ccc(Cl)cc2C(c2ccccc2)=[N+]([O-])C1.Cl.Cl.O=c1nc2ccccc2cn2cccc12. The van der Waals surface area contributed by atoms with E-state index in [4.69, 9.17) is 11.6 Å². The van der Waals surface area contributed by atoms with Crippen LogP contribution in [0.25, 0.3) is 16.4 Å². The molecular weight excluding hydrogens is 545 g/mol. The molecule has 3 heterocycles. The molecule has 6 rings (SSSR count). The van der Waals surface area contributed by atoms with Gasteiger partial charge in [0.05, 0.1) is 16.8 Å². The van der Waals surface area contributed by atoms with Crippen LogP contribution < -0.4 is 10.9 Å². The summed E-state index contributed by atoms with van der Waals surface area (Å²) in [5.41, 5.74) is 4.05. The minimum absolute atomic E-state index is 0. The minimum Gasteiger partial charge on any atom is -0.623 e. The van der Waals surface area contributed by atoms with Crippen molar-refractivity contribution in [3.05, 3.63) is 129 Å². The molecule has 194 valence electrons. The molecule has 0 unspecified atom stereocenters. The van der Waals surface area contributed by atoms with E-state index in [-0.39, 0.29) is 36.9 Å². The maximum atomic E-state index is 12.6. The Balaban J connectivity index is 0.000000209. The normalized spacial score (nSPS) is 12.2. The molecule has 1 aliphatic rings. The molecule has 0 amide bonds. The topological polar surface area (TPSA) is 84.8 Å². The molecule has 10 heteroatoms. The Morgan fingerprint density at radius 2 is 1.71 bits per heavy atom. The van der Waals surface area contributed by atoms with E-state index < -0.39 is 0 Å². The number of likely N-dealkylation sites (N-methyl/N-ethyl adjacent to an activating group) is 1. The first kappa shape index (κ1) is 28.7. The molecular formula is C28H24Cl3N5O2. The molecule has 0 saturated heterocycles. The van der Waals surface area contributed by atoms with Crippen LogP contribution in [0.15, 0.2) is 107 Å². The number of hydrogen-bond donors (Lipinski definition) is 1. The molecule has 0 aliphatic carbocycles. The third kappa shape index (κ3) is 5.97. The van der Waals surface area contributed by atoms with Crippen LogP contribution in [0.5, 0.6) is 0 Å². The maximum absolute atomic E-state index is 12.6. The number of para-hydroxylation sites is 1. The zero-order chi connectivity index (χ0) is 25.1. The van der Waals surface area contributed by atoms with Gasteiger partial charge >= 0.3 is 0 Å². The lowest BCUT2D eigenvalue weighted by Crippen LogP contribution is -2.29. The Hall–Kier alpha value is -3.91. The predicted octanol–water partition coefficient (Wildman–Crippen LogP) is 5.64. The van der Waals surface area contributed by atoms with Crippen molar-refractivity contribution < 1.29 is 4.74 Å². The zero-order valence-electron chi connectivity index (χ0n) is 20.2. The highest BCUT2D eigenvalue weighted by Gasteiger charge is 2.24. The Morgan fingerprint density at radius 3 is 2.47 bits per heavy atom. The van der Waals surface area contributed by atoms with Crippen molar-refractivity contribution >= 4 is 70.1 Å². The lowest BCUT2D eigenvalue weighted by atomic mass is 10.0. The summed E-state index contributed by atoms with van der Waals surface area (Å²) in [7, 11) is 1.76. The number of fused-ring (bicyclic) bond motifs is 3. The van der Waals surface area contributed by atoms with Gasteiger partial charge in [0.2, 0.25) is 12.3 Å². The summed E-state index contributed by atoms with van der Waals surface area (Å²) in [6.07, 6.45) is 3.77. The van der Waals surface area contributed by atoms with E-state index in [0.29, 0.717) is 22.1 Å². The summed E-state index contributed by atoms with van der Waals surface area (Å²) in [5, 5.41) is 17.1. The molecule has 3 aromatic carbocycles. The number of aliphatic imine (C=N–C) groups is 1. The van der Waals surface area contributed by atoms with Crippen LogP contribution in [-0.2, 0) is 0 Å². The molecule has 0 bridgehead atoms. The van der Waals surface area contributed by atoms with Gasteiger partial charge in [-0.05, 0) is 48.5 Å². The summed E-state index contributed by atoms with van der Waals surface area (Å²) in [6.45, 7) is 0.174. The van der Waals surface area contributed by atoms with Crippen molar-refractivity contribution in [1.82, 2.24) is 14.7 Å². The minimum atomic E-state index is -0.193. The maximum Gasteiger partial charge on any atom is 0.294 e. The average Bonchev–Trinajstić information content (AvgIpc) is 3.24. The molecule has 38 heavy (non-hydrogen) atoms. The van der Waals surface area contributed by atoms with E-state index >= 15 is 0 Å². The van der Waals surface area contributed by atoms with Crippen molar-refractivity contribution in [2.75, 3.05) is 13.6 Å². The summed E-state index contributed by atoms with van der Waals surface area (Å²) in [5.74, 6) is 0.625. The van der Waals surface area contributed by atoms with Crippen LogP contribution in [-0.4, -0.2) is 39.3 Å². The van der Waals surface area contributed by atoms with E-state index in [1.807, 2.05) is 79.1 Å². The number of nitrogens with zero attached hydrogens (tertiary/aromatic N) is 4. The Morgan fingerprint density at radius 1 is 0.974 bits per heavy atom. The van der Waals surface area contributed by atoms with Crippen LogP contribution in [0.2, 0.25) is 5.02 Å². The lowest BCUT2D eigenvalue weighted by molar-refractivity contribution is -0.439. The van der Waals surface area contributed by atoms with Gasteiger partial charge in [0.25, 0.3) is 5.56 Å². The smallest absolute Gasteiger partial charge is 0.294 e. The number of rotatable bonds is 1. The van der Waals surface area contributed by atoms with Crippen LogP contribution in [0.1, 0.15) is 11.1 Å². The second kappa shape index (κ2) is 12.6. The molecule has 0 atom stereocenters. The predicted molar refractivity (Wildman–Crippen MR) is 159 cm³/mol. The molecule has 2 aromatic heterocycles. The number of halogens is 3. The van der Waals surface area contributed by atoms with Crippen LogP contribution in [0.3, 0.4) is 0 Å². The Kier molecular flexibility index (Phi) is 9.47. The van der Waals surface area contributed by atoms with Crippen molar-refractivity contribution in [3.63, 3.8) is 0 Å². The third-order valence-corrected chi connectivity index (χ3v) is 6.02. The fourth-order valence-corrected chi connectivity index (χ4v) is 4.23. The average molecular weight is 569 g/mol. The molecule has 0 radical (unpaired) electrons.